The molecule has 1 atom stereocenters. The molecule has 0 bridgehead atoms. The van der Waals surface area contributed by atoms with Crippen molar-refractivity contribution in [1.82, 2.24) is 5.32 Å². The fraction of sp³-hybridized carbons (Fsp3) is 0.278. The zero-order valence-electron chi connectivity index (χ0n) is 13.0. The Labute approximate surface area is 144 Å². The van der Waals surface area contributed by atoms with Crippen LogP contribution in [0.15, 0.2) is 47.4 Å². The van der Waals surface area contributed by atoms with Gasteiger partial charge in [0.25, 0.3) is 0 Å². The predicted octanol–water partition coefficient (Wildman–Crippen LogP) is 2.70. The Morgan fingerprint density at radius 1 is 1.29 bits per heavy atom. The molecule has 0 saturated heterocycles. The minimum atomic E-state index is -0.754. The van der Waals surface area contributed by atoms with Crippen LogP contribution in [0.4, 0.5) is 4.39 Å². The van der Waals surface area contributed by atoms with Crippen molar-refractivity contribution in [1.29, 1.82) is 0 Å². The number of amides is 1. The fourth-order valence-electron chi connectivity index (χ4n) is 2.47. The van der Waals surface area contributed by atoms with Gasteiger partial charge in [-0.15, -0.1) is 11.8 Å². The van der Waals surface area contributed by atoms with E-state index in [2.05, 4.69) is 5.32 Å². The van der Waals surface area contributed by atoms with Crippen LogP contribution < -0.4 is 10.1 Å². The molecule has 1 aliphatic rings. The summed E-state index contributed by atoms with van der Waals surface area (Å²) in [6.07, 6.45) is 0.0898. The Kier molecular flexibility index (Phi) is 5.37. The average molecular weight is 347 g/mol. The van der Waals surface area contributed by atoms with Gasteiger partial charge < -0.3 is 15.2 Å². The van der Waals surface area contributed by atoms with Gasteiger partial charge in [-0.2, -0.15) is 0 Å². The maximum atomic E-state index is 12.8. The third-order valence-corrected chi connectivity index (χ3v) is 4.79. The van der Waals surface area contributed by atoms with Crippen LogP contribution in [-0.4, -0.2) is 29.9 Å². The van der Waals surface area contributed by atoms with E-state index in [1.165, 1.54) is 23.9 Å². The van der Waals surface area contributed by atoms with Gasteiger partial charge in [0.15, 0.2) is 0 Å². The van der Waals surface area contributed by atoms with Gasteiger partial charge in [0, 0.05) is 17.9 Å². The molecule has 24 heavy (non-hydrogen) atoms. The zero-order chi connectivity index (χ0) is 16.9. The molecule has 3 rings (SSSR count). The Bertz CT molecular complexity index is 721. The molecule has 0 fully saturated rings. The first kappa shape index (κ1) is 16.8. The van der Waals surface area contributed by atoms with E-state index < -0.39 is 6.10 Å². The molecule has 0 radical (unpaired) electrons. The second-order valence-corrected chi connectivity index (χ2v) is 6.58. The number of halogens is 1. The summed E-state index contributed by atoms with van der Waals surface area (Å²) >= 11 is 1.32. The summed E-state index contributed by atoms with van der Waals surface area (Å²) in [7, 11) is 0. The van der Waals surface area contributed by atoms with Crippen LogP contribution in [0.5, 0.6) is 5.75 Å². The molecule has 2 N–H and O–H groups in total. The molecule has 6 heteroatoms. The van der Waals surface area contributed by atoms with Crippen LogP contribution in [0, 0.1) is 5.82 Å². The molecule has 0 unspecified atom stereocenters. The third-order valence-electron chi connectivity index (χ3n) is 3.77. The SMILES string of the molecule is O=C(CSc1ccc(F)cc1)NC[C@H](O)c1ccc2c(c1)CCO2. The molecular formula is C18H18FNO3S. The Hall–Kier alpha value is -2.05. The maximum absolute atomic E-state index is 12.8. The molecule has 0 aromatic heterocycles. The molecule has 1 amide bonds. The van der Waals surface area contributed by atoms with Crippen molar-refractivity contribution in [3.8, 4) is 5.75 Å². The number of benzene rings is 2. The Morgan fingerprint density at radius 3 is 2.88 bits per heavy atom. The van der Waals surface area contributed by atoms with E-state index in [0.29, 0.717) is 6.61 Å². The second-order valence-electron chi connectivity index (χ2n) is 5.53. The molecule has 1 aliphatic heterocycles. The molecule has 126 valence electrons. The van der Waals surface area contributed by atoms with Crippen LogP contribution in [-0.2, 0) is 11.2 Å². The van der Waals surface area contributed by atoms with Crippen LogP contribution in [0.2, 0.25) is 0 Å². The quantitative estimate of drug-likeness (QED) is 0.789. The summed E-state index contributed by atoms with van der Waals surface area (Å²) in [4.78, 5) is 12.7. The fourth-order valence-corrected chi connectivity index (χ4v) is 3.20. The van der Waals surface area contributed by atoms with E-state index in [9.17, 15) is 14.3 Å². The normalized spacial score (nSPS) is 13.9. The number of carbonyl (C=O) groups excluding carboxylic acids is 1. The number of ether oxygens (including phenoxy) is 1. The Morgan fingerprint density at radius 2 is 2.08 bits per heavy atom. The summed E-state index contributed by atoms with van der Waals surface area (Å²) < 4.78 is 18.3. The first-order valence-corrected chi connectivity index (χ1v) is 8.69. The Balaban J connectivity index is 1.46. The maximum Gasteiger partial charge on any atom is 0.230 e. The first-order chi connectivity index (χ1) is 11.6. The third kappa shape index (κ3) is 4.27. The van der Waals surface area contributed by atoms with E-state index in [0.717, 1.165) is 28.2 Å². The van der Waals surface area contributed by atoms with Gasteiger partial charge in [-0.3, -0.25) is 4.79 Å². The van der Waals surface area contributed by atoms with Crippen molar-refractivity contribution in [3.63, 3.8) is 0 Å². The van der Waals surface area contributed by atoms with Gasteiger partial charge in [-0.1, -0.05) is 6.07 Å². The molecule has 2 aromatic rings. The second kappa shape index (κ2) is 7.68. The number of aliphatic hydroxyl groups excluding tert-OH is 1. The van der Waals surface area contributed by atoms with Crippen molar-refractivity contribution in [2.24, 2.45) is 0 Å². The molecular weight excluding hydrogens is 329 g/mol. The predicted molar refractivity (Wildman–Crippen MR) is 90.7 cm³/mol. The highest BCUT2D eigenvalue weighted by Gasteiger charge is 2.16. The summed E-state index contributed by atoms with van der Waals surface area (Å²) in [6.45, 7) is 0.828. The van der Waals surface area contributed by atoms with E-state index in [1.807, 2.05) is 18.2 Å². The summed E-state index contributed by atoms with van der Waals surface area (Å²) in [6, 6.07) is 11.6. The molecule has 0 spiro atoms. The van der Waals surface area contributed by atoms with E-state index >= 15 is 0 Å². The van der Waals surface area contributed by atoms with Crippen molar-refractivity contribution in [2.45, 2.75) is 17.4 Å². The topological polar surface area (TPSA) is 58.6 Å². The monoisotopic (exact) mass is 347 g/mol. The minimum Gasteiger partial charge on any atom is -0.493 e. The lowest BCUT2D eigenvalue weighted by Gasteiger charge is -2.13. The lowest BCUT2D eigenvalue weighted by Crippen LogP contribution is -2.29. The average Bonchev–Trinajstić information content (AvgIpc) is 3.06. The summed E-state index contributed by atoms with van der Waals surface area (Å²) in [5, 5.41) is 12.9. The van der Waals surface area contributed by atoms with Crippen LogP contribution in [0.1, 0.15) is 17.2 Å². The number of thioether (sulfide) groups is 1. The highest BCUT2D eigenvalue weighted by Crippen LogP contribution is 2.28. The number of carbonyl (C=O) groups is 1. The minimum absolute atomic E-state index is 0.155. The van der Waals surface area contributed by atoms with Gasteiger partial charge in [0.2, 0.25) is 5.91 Å². The highest BCUT2D eigenvalue weighted by molar-refractivity contribution is 8.00. The number of hydrogen-bond donors (Lipinski definition) is 2. The zero-order valence-corrected chi connectivity index (χ0v) is 13.8. The molecule has 0 saturated carbocycles. The van der Waals surface area contributed by atoms with E-state index in [-0.39, 0.29) is 24.0 Å². The molecule has 1 heterocycles. The summed E-state index contributed by atoms with van der Waals surface area (Å²) in [5.41, 5.74) is 1.86. The smallest absolute Gasteiger partial charge is 0.230 e. The lowest BCUT2D eigenvalue weighted by molar-refractivity contribution is -0.119. The molecule has 2 aromatic carbocycles. The first-order valence-electron chi connectivity index (χ1n) is 7.70. The number of hydrogen-bond acceptors (Lipinski definition) is 4. The molecule has 0 aliphatic carbocycles. The van der Waals surface area contributed by atoms with Gasteiger partial charge >= 0.3 is 0 Å². The number of fused-ring (bicyclic) bond motifs is 1. The number of nitrogens with one attached hydrogen (secondary N) is 1. The lowest BCUT2D eigenvalue weighted by atomic mass is 10.0. The highest BCUT2D eigenvalue weighted by atomic mass is 32.2. The van der Waals surface area contributed by atoms with Crippen LogP contribution in [0.25, 0.3) is 0 Å². The van der Waals surface area contributed by atoms with Gasteiger partial charge in [-0.05, 0) is 47.5 Å². The van der Waals surface area contributed by atoms with E-state index in [4.69, 9.17) is 4.74 Å². The molecule has 4 nitrogen and oxygen atoms in total. The van der Waals surface area contributed by atoms with Gasteiger partial charge in [-0.25, -0.2) is 4.39 Å². The van der Waals surface area contributed by atoms with Crippen molar-refractivity contribution < 1.29 is 19.0 Å². The van der Waals surface area contributed by atoms with Crippen molar-refractivity contribution in [2.75, 3.05) is 18.9 Å². The van der Waals surface area contributed by atoms with Crippen molar-refractivity contribution >= 4 is 17.7 Å². The van der Waals surface area contributed by atoms with Crippen molar-refractivity contribution in [3.05, 3.63) is 59.4 Å². The standard InChI is InChI=1S/C18H18FNO3S/c19-14-2-4-15(5-3-14)24-11-18(22)20-10-16(21)12-1-6-17-13(9-12)7-8-23-17/h1-6,9,16,21H,7-8,10-11H2,(H,20,22)/t16-/m0/s1. The number of aliphatic hydroxyl groups is 1. The van der Waals surface area contributed by atoms with Crippen LogP contribution in [0.3, 0.4) is 0 Å². The largest absolute Gasteiger partial charge is 0.493 e. The van der Waals surface area contributed by atoms with Crippen LogP contribution >= 0.6 is 11.8 Å². The van der Waals surface area contributed by atoms with E-state index in [1.54, 1.807) is 12.1 Å². The number of rotatable bonds is 6. The van der Waals surface area contributed by atoms with Gasteiger partial charge in [0.05, 0.1) is 18.5 Å². The summed E-state index contributed by atoms with van der Waals surface area (Å²) in [5.74, 6) is 0.612. The van der Waals surface area contributed by atoms with Gasteiger partial charge in [0.1, 0.15) is 11.6 Å².